The summed E-state index contributed by atoms with van der Waals surface area (Å²) in [5.74, 6) is 0.223. The third kappa shape index (κ3) is 0.919. The predicted octanol–water partition coefficient (Wildman–Crippen LogP) is -0.862. The third-order valence-electron chi connectivity index (χ3n) is 0.665. The fourth-order valence-corrected chi connectivity index (χ4v) is 0.921. The summed E-state index contributed by atoms with van der Waals surface area (Å²) in [5, 5.41) is 0. The van der Waals surface area contributed by atoms with Crippen molar-refractivity contribution in [3.8, 4) is 0 Å². The van der Waals surface area contributed by atoms with Gasteiger partial charge in [0.25, 0.3) is 5.91 Å². The Hall–Kier alpha value is -0.710. The Bertz CT molecular complexity index is 126. The maximum Gasteiger partial charge on any atom is 0.251 e. The molecule has 0 saturated carbocycles. The minimum Gasteiger partial charge on any atom is -0.276 e. The van der Waals surface area contributed by atoms with Gasteiger partial charge in [-0.2, -0.15) is 4.41 Å². The van der Waals surface area contributed by atoms with Gasteiger partial charge in [-0.05, 0) is 11.9 Å². The molecule has 5 heteroatoms. The van der Waals surface area contributed by atoms with E-state index in [1.54, 1.807) is 0 Å². The Labute approximate surface area is 50.3 Å². The Kier molecular flexibility index (Phi) is 1.38. The molecule has 0 atom stereocenters. The molecule has 0 bridgehead atoms. The summed E-state index contributed by atoms with van der Waals surface area (Å²) in [6, 6.07) is 0. The highest BCUT2D eigenvalue weighted by Gasteiger charge is 2.16. The van der Waals surface area contributed by atoms with E-state index < -0.39 is 0 Å². The minimum atomic E-state index is -0.123. The number of carbonyl (C=O) groups excluding carboxylic acids is 2. The van der Waals surface area contributed by atoms with Crippen LogP contribution < -0.4 is 5.43 Å². The second-order valence-electron chi connectivity index (χ2n) is 1.24. The van der Waals surface area contributed by atoms with E-state index >= 15 is 0 Å². The quantitative estimate of drug-likeness (QED) is 0.373. The first kappa shape index (κ1) is 5.43. The summed E-state index contributed by atoms with van der Waals surface area (Å²) in [6.45, 7) is 0. The number of rotatable bonds is 1. The van der Waals surface area contributed by atoms with E-state index in [-0.39, 0.29) is 5.91 Å². The Morgan fingerprint density at radius 3 is 2.88 bits per heavy atom. The Balaban J connectivity index is 2.43. The zero-order chi connectivity index (χ0) is 5.98. The molecule has 0 aromatic carbocycles. The van der Waals surface area contributed by atoms with Crippen LogP contribution in [0.25, 0.3) is 0 Å². The second kappa shape index (κ2) is 2.04. The normalized spacial score (nSPS) is 18.5. The molecule has 1 saturated heterocycles. The maximum atomic E-state index is 10.3. The van der Waals surface area contributed by atoms with Crippen LogP contribution in [-0.4, -0.2) is 22.5 Å². The van der Waals surface area contributed by atoms with Crippen molar-refractivity contribution in [3.05, 3.63) is 0 Å². The highest BCUT2D eigenvalue weighted by atomic mass is 32.2. The molecular weight excluding hydrogens is 128 g/mol. The molecule has 0 spiro atoms. The number of nitrogens with one attached hydrogen (secondary N) is 1. The number of hydrogen-bond donors (Lipinski definition) is 1. The molecule has 1 rings (SSSR count). The Morgan fingerprint density at radius 1 is 1.88 bits per heavy atom. The van der Waals surface area contributed by atoms with Crippen molar-refractivity contribution in [2.45, 2.75) is 0 Å². The van der Waals surface area contributed by atoms with E-state index in [2.05, 4.69) is 5.43 Å². The van der Waals surface area contributed by atoms with Crippen LogP contribution in [-0.2, 0) is 9.59 Å². The average molecular weight is 132 g/mol. The van der Waals surface area contributed by atoms with Crippen LogP contribution in [0.2, 0.25) is 0 Å². The van der Waals surface area contributed by atoms with Crippen molar-refractivity contribution >= 4 is 24.3 Å². The van der Waals surface area contributed by atoms with E-state index in [1.165, 1.54) is 0 Å². The van der Waals surface area contributed by atoms with Gasteiger partial charge in [-0.15, -0.1) is 0 Å². The summed E-state index contributed by atoms with van der Waals surface area (Å²) in [5.41, 5.74) is 2.29. The molecule has 0 aromatic heterocycles. The van der Waals surface area contributed by atoms with Crippen molar-refractivity contribution in [2.75, 3.05) is 5.75 Å². The van der Waals surface area contributed by atoms with Gasteiger partial charge in [0.05, 0.1) is 5.75 Å². The van der Waals surface area contributed by atoms with Gasteiger partial charge < -0.3 is 0 Å². The number of hydrogen-bond acceptors (Lipinski definition) is 3. The molecule has 1 aliphatic heterocycles. The molecule has 1 heterocycles. The maximum absolute atomic E-state index is 10.3. The third-order valence-corrected chi connectivity index (χ3v) is 1.51. The van der Waals surface area contributed by atoms with E-state index in [0.717, 1.165) is 16.4 Å². The van der Waals surface area contributed by atoms with Crippen LogP contribution in [0.3, 0.4) is 0 Å². The monoisotopic (exact) mass is 132 g/mol. The fraction of sp³-hybridized carbons (Fsp3) is 0.333. The van der Waals surface area contributed by atoms with Crippen LogP contribution in [0.4, 0.5) is 0 Å². The lowest BCUT2D eigenvalue weighted by Gasteiger charge is -2.01. The van der Waals surface area contributed by atoms with Crippen molar-refractivity contribution < 1.29 is 9.59 Å². The highest BCUT2D eigenvalue weighted by molar-refractivity contribution is 7.98. The summed E-state index contributed by atoms with van der Waals surface area (Å²) in [6.07, 6.45) is 0.565. The Morgan fingerprint density at radius 2 is 2.62 bits per heavy atom. The van der Waals surface area contributed by atoms with Crippen molar-refractivity contribution in [3.63, 3.8) is 0 Å². The molecule has 44 valence electrons. The fourth-order valence-electron chi connectivity index (χ4n) is 0.372. The largest absolute Gasteiger partial charge is 0.276 e. The molecule has 0 radical (unpaired) electrons. The van der Waals surface area contributed by atoms with Gasteiger partial charge >= 0.3 is 0 Å². The van der Waals surface area contributed by atoms with E-state index in [4.69, 9.17) is 0 Å². The van der Waals surface area contributed by atoms with Gasteiger partial charge in [-0.1, -0.05) is 0 Å². The number of amides is 2. The lowest BCUT2D eigenvalue weighted by Crippen LogP contribution is -2.28. The van der Waals surface area contributed by atoms with Crippen LogP contribution in [0.1, 0.15) is 0 Å². The van der Waals surface area contributed by atoms with Crippen LogP contribution in [0, 0.1) is 0 Å². The molecule has 0 aliphatic carbocycles. The lowest BCUT2D eigenvalue weighted by atomic mass is 10.8. The summed E-state index contributed by atoms with van der Waals surface area (Å²) < 4.78 is 1.14. The van der Waals surface area contributed by atoms with Gasteiger partial charge in [-0.25, -0.2) is 0 Å². The highest BCUT2D eigenvalue weighted by Crippen LogP contribution is 2.08. The van der Waals surface area contributed by atoms with Gasteiger partial charge in [0.15, 0.2) is 0 Å². The molecule has 8 heavy (non-hydrogen) atoms. The van der Waals surface area contributed by atoms with E-state index in [0.29, 0.717) is 12.2 Å². The molecule has 4 nitrogen and oxygen atoms in total. The van der Waals surface area contributed by atoms with Crippen molar-refractivity contribution in [1.82, 2.24) is 9.84 Å². The molecule has 1 aliphatic rings. The van der Waals surface area contributed by atoms with Crippen molar-refractivity contribution in [2.24, 2.45) is 0 Å². The SMILES string of the molecule is O=CN1NC(=O)CS1. The zero-order valence-electron chi connectivity index (χ0n) is 3.96. The van der Waals surface area contributed by atoms with Crippen LogP contribution in [0.5, 0.6) is 0 Å². The minimum absolute atomic E-state index is 0.123. The average Bonchev–Trinajstić information content (AvgIpc) is 2.14. The van der Waals surface area contributed by atoms with Gasteiger partial charge in [0.1, 0.15) is 0 Å². The standard InChI is InChI=1S/C3H4N2O2S/c6-2-5-4-3(7)1-8-5/h2H,1H2,(H,4,7). The number of hydrazine groups is 1. The lowest BCUT2D eigenvalue weighted by molar-refractivity contribution is -0.125. The molecular formula is C3H4N2O2S. The molecule has 0 unspecified atom stereocenters. The first-order valence-corrected chi connectivity index (χ1v) is 2.94. The zero-order valence-corrected chi connectivity index (χ0v) is 4.77. The van der Waals surface area contributed by atoms with E-state index in [9.17, 15) is 9.59 Å². The molecule has 2 amide bonds. The number of nitrogens with zero attached hydrogens (tertiary/aromatic N) is 1. The molecule has 1 fully saturated rings. The van der Waals surface area contributed by atoms with Gasteiger partial charge in [-0.3, -0.25) is 15.0 Å². The van der Waals surface area contributed by atoms with Crippen LogP contribution in [0.15, 0.2) is 0 Å². The second-order valence-corrected chi connectivity index (χ2v) is 2.18. The molecule has 0 aromatic rings. The van der Waals surface area contributed by atoms with Gasteiger partial charge in [0, 0.05) is 0 Å². The molecule has 1 N–H and O–H groups in total. The van der Waals surface area contributed by atoms with Crippen LogP contribution >= 0.6 is 11.9 Å². The first-order chi connectivity index (χ1) is 3.83. The van der Waals surface area contributed by atoms with E-state index in [1.807, 2.05) is 0 Å². The summed E-state index contributed by atoms with van der Waals surface area (Å²) >= 11 is 1.16. The number of carbonyl (C=O) groups is 2. The summed E-state index contributed by atoms with van der Waals surface area (Å²) in [7, 11) is 0. The summed E-state index contributed by atoms with van der Waals surface area (Å²) in [4.78, 5) is 20.1. The smallest absolute Gasteiger partial charge is 0.251 e. The van der Waals surface area contributed by atoms with Gasteiger partial charge in [0.2, 0.25) is 6.41 Å². The topological polar surface area (TPSA) is 49.4 Å². The first-order valence-electron chi connectivity index (χ1n) is 2.00. The predicted molar refractivity (Wildman–Crippen MR) is 28.5 cm³/mol. The van der Waals surface area contributed by atoms with Crippen molar-refractivity contribution in [1.29, 1.82) is 0 Å².